The molecule has 2 rings (SSSR count). The highest BCUT2D eigenvalue weighted by Crippen LogP contribution is 2.34. The zero-order valence-electron chi connectivity index (χ0n) is 11.9. The molecule has 1 aromatic carbocycles. The molecule has 1 aliphatic rings. The van der Waals surface area contributed by atoms with Crippen molar-refractivity contribution in [1.82, 2.24) is 10.2 Å². The Balaban J connectivity index is 0.00000200. The van der Waals surface area contributed by atoms with Crippen LogP contribution in [0.3, 0.4) is 0 Å². The number of hydrogen-bond donors (Lipinski definition) is 2. The fourth-order valence-electron chi connectivity index (χ4n) is 2.49. The second kappa shape index (κ2) is 9.69. The van der Waals surface area contributed by atoms with Gasteiger partial charge in [0, 0.05) is 37.8 Å². The van der Waals surface area contributed by atoms with Crippen molar-refractivity contribution in [2.75, 3.05) is 33.3 Å². The van der Waals surface area contributed by atoms with Crippen molar-refractivity contribution in [2.24, 2.45) is 0 Å². The number of phenolic OH excluding ortho intramolecular Hbond substituents is 1. The molecule has 0 aliphatic carbocycles. The Kier molecular flexibility index (Phi) is 9.14. The Hall–Kier alpha value is -1.19. The zero-order chi connectivity index (χ0) is 13.7. The third kappa shape index (κ3) is 4.94. The summed E-state index contributed by atoms with van der Waals surface area (Å²) in [4.78, 5) is 2.29. The van der Waals surface area contributed by atoms with Gasteiger partial charge in [0.05, 0.1) is 25.6 Å². The van der Waals surface area contributed by atoms with Gasteiger partial charge in [-0.15, -0.1) is 24.8 Å². The van der Waals surface area contributed by atoms with E-state index in [1.165, 1.54) is 0 Å². The third-order valence-corrected chi connectivity index (χ3v) is 3.45. The Bertz CT molecular complexity index is 474. The van der Waals surface area contributed by atoms with E-state index < -0.39 is 0 Å². The molecule has 0 amide bonds. The van der Waals surface area contributed by atoms with E-state index in [0.717, 1.165) is 31.7 Å². The van der Waals surface area contributed by atoms with Crippen molar-refractivity contribution < 1.29 is 9.84 Å². The summed E-state index contributed by atoms with van der Waals surface area (Å²) < 4.78 is 5.33. The molecule has 0 spiro atoms. The smallest absolute Gasteiger partial charge is 0.127 e. The van der Waals surface area contributed by atoms with Gasteiger partial charge < -0.3 is 15.2 Å². The van der Waals surface area contributed by atoms with Crippen LogP contribution < -0.4 is 10.1 Å². The minimum Gasteiger partial charge on any atom is -0.508 e. The number of methoxy groups -OCH3 is 1. The molecular weight excluding hydrogens is 313 g/mol. The molecule has 21 heavy (non-hydrogen) atoms. The molecule has 0 bridgehead atoms. The quantitative estimate of drug-likeness (QED) is 0.883. The first-order chi connectivity index (χ1) is 9.26. The highest BCUT2D eigenvalue weighted by molar-refractivity contribution is 5.85. The van der Waals surface area contributed by atoms with Crippen LogP contribution in [-0.4, -0.2) is 43.3 Å². The summed E-state index contributed by atoms with van der Waals surface area (Å²) in [6, 6.07) is 7.35. The minimum absolute atomic E-state index is 0. The summed E-state index contributed by atoms with van der Waals surface area (Å²) in [6.07, 6.45) is 0.418. The van der Waals surface area contributed by atoms with Gasteiger partial charge in [-0.25, -0.2) is 0 Å². The molecule has 1 fully saturated rings. The second-order valence-corrected chi connectivity index (χ2v) is 4.59. The normalized spacial score (nSPS) is 16.0. The van der Waals surface area contributed by atoms with Crippen molar-refractivity contribution in [3.05, 3.63) is 23.8 Å². The lowest BCUT2D eigenvalue weighted by molar-refractivity contribution is 0.172. The molecule has 1 aliphatic heterocycles. The molecule has 0 saturated carbocycles. The lowest BCUT2D eigenvalue weighted by Crippen LogP contribution is -2.45. The molecule has 0 aromatic heterocycles. The summed E-state index contributed by atoms with van der Waals surface area (Å²) in [5.74, 6) is 0.815. The first-order valence-corrected chi connectivity index (χ1v) is 6.45. The molecular formula is C14H21Cl2N3O2. The van der Waals surface area contributed by atoms with E-state index in [0.29, 0.717) is 12.2 Å². The van der Waals surface area contributed by atoms with Crippen LogP contribution in [0.1, 0.15) is 18.0 Å². The minimum atomic E-state index is 0. The number of rotatable bonds is 4. The van der Waals surface area contributed by atoms with Gasteiger partial charge in [0.25, 0.3) is 0 Å². The van der Waals surface area contributed by atoms with Crippen molar-refractivity contribution in [3.8, 4) is 17.6 Å². The molecule has 118 valence electrons. The highest BCUT2D eigenvalue weighted by atomic mass is 35.5. The van der Waals surface area contributed by atoms with Crippen molar-refractivity contribution in [3.63, 3.8) is 0 Å². The highest BCUT2D eigenvalue weighted by Gasteiger charge is 2.24. The number of halogens is 2. The Labute approximate surface area is 137 Å². The summed E-state index contributed by atoms with van der Waals surface area (Å²) in [5.41, 5.74) is 0.962. The van der Waals surface area contributed by atoms with Gasteiger partial charge in [0.1, 0.15) is 11.5 Å². The molecule has 1 aromatic rings. The van der Waals surface area contributed by atoms with E-state index in [4.69, 9.17) is 10.00 Å². The van der Waals surface area contributed by atoms with Crippen LogP contribution in [0.2, 0.25) is 0 Å². The van der Waals surface area contributed by atoms with Gasteiger partial charge >= 0.3 is 0 Å². The zero-order valence-corrected chi connectivity index (χ0v) is 13.5. The first-order valence-electron chi connectivity index (χ1n) is 6.45. The Morgan fingerprint density at radius 1 is 1.38 bits per heavy atom. The van der Waals surface area contributed by atoms with E-state index >= 15 is 0 Å². The average molecular weight is 334 g/mol. The van der Waals surface area contributed by atoms with E-state index in [-0.39, 0.29) is 36.6 Å². The number of hydrogen-bond acceptors (Lipinski definition) is 5. The lowest BCUT2D eigenvalue weighted by Gasteiger charge is -2.34. The summed E-state index contributed by atoms with van der Waals surface area (Å²) >= 11 is 0. The Morgan fingerprint density at radius 3 is 2.62 bits per heavy atom. The summed E-state index contributed by atoms with van der Waals surface area (Å²) in [6.45, 7) is 3.69. The molecule has 0 unspecified atom stereocenters. The van der Waals surface area contributed by atoms with Crippen LogP contribution >= 0.6 is 24.8 Å². The number of piperazine rings is 1. The van der Waals surface area contributed by atoms with Gasteiger partial charge in [-0.1, -0.05) is 6.07 Å². The van der Waals surface area contributed by atoms with E-state index in [2.05, 4.69) is 16.3 Å². The topological polar surface area (TPSA) is 68.5 Å². The van der Waals surface area contributed by atoms with Gasteiger partial charge in [0.15, 0.2) is 0 Å². The average Bonchev–Trinajstić information content (AvgIpc) is 2.46. The predicted molar refractivity (Wildman–Crippen MR) is 86.6 cm³/mol. The van der Waals surface area contributed by atoms with Gasteiger partial charge in [-0.05, 0) is 6.07 Å². The van der Waals surface area contributed by atoms with Crippen molar-refractivity contribution in [1.29, 1.82) is 5.26 Å². The fourth-order valence-corrected chi connectivity index (χ4v) is 2.49. The largest absolute Gasteiger partial charge is 0.508 e. The molecule has 2 N–H and O–H groups in total. The molecule has 7 heteroatoms. The number of ether oxygens (including phenoxy) is 1. The Morgan fingerprint density at radius 2 is 2.05 bits per heavy atom. The predicted octanol–water partition coefficient (Wildman–Crippen LogP) is 2.10. The van der Waals surface area contributed by atoms with Crippen LogP contribution in [0.5, 0.6) is 11.5 Å². The first kappa shape index (κ1) is 19.8. The summed E-state index contributed by atoms with van der Waals surface area (Å²) in [5, 5.41) is 21.9. The molecule has 1 saturated heterocycles. The maximum atomic E-state index is 9.52. The molecule has 1 heterocycles. The lowest BCUT2D eigenvalue weighted by atomic mass is 10.0. The van der Waals surface area contributed by atoms with Gasteiger partial charge in [-0.3, -0.25) is 4.90 Å². The summed E-state index contributed by atoms with van der Waals surface area (Å²) in [7, 11) is 1.58. The van der Waals surface area contributed by atoms with Crippen LogP contribution in [0.25, 0.3) is 0 Å². The van der Waals surface area contributed by atoms with Crippen LogP contribution in [-0.2, 0) is 0 Å². The number of aromatic hydroxyl groups is 1. The van der Waals surface area contributed by atoms with Crippen molar-refractivity contribution >= 4 is 24.8 Å². The number of phenols is 1. The molecule has 1 atom stereocenters. The maximum absolute atomic E-state index is 9.52. The van der Waals surface area contributed by atoms with Gasteiger partial charge in [0.2, 0.25) is 0 Å². The number of nitrogens with zero attached hydrogens (tertiary/aromatic N) is 2. The van der Waals surface area contributed by atoms with Crippen LogP contribution in [0.15, 0.2) is 18.2 Å². The maximum Gasteiger partial charge on any atom is 0.127 e. The molecule has 5 nitrogen and oxygen atoms in total. The van der Waals surface area contributed by atoms with E-state index in [9.17, 15) is 5.11 Å². The van der Waals surface area contributed by atoms with Gasteiger partial charge in [-0.2, -0.15) is 5.26 Å². The monoisotopic (exact) mass is 333 g/mol. The number of nitriles is 1. The van der Waals surface area contributed by atoms with Crippen LogP contribution in [0.4, 0.5) is 0 Å². The number of benzene rings is 1. The van der Waals surface area contributed by atoms with Crippen LogP contribution in [0, 0.1) is 11.3 Å². The van der Waals surface area contributed by atoms with Crippen molar-refractivity contribution in [2.45, 2.75) is 12.5 Å². The standard InChI is InChI=1S/C14H19N3O2.2ClH/c1-19-14-10-11(18)2-3-12(14)13(4-5-15)17-8-6-16-7-9-17;;/h2-3,10,13,16,18H,4,6-9H2,1H3;2*1H/t13-;;/m0../s1. The fraction of sp³-hybridized carbons (Fsp3) is 0.500. The molecule has 0 radical (unpaired) electrons. The SMILES string of the molecule is COc1cc(O)ccc1[C@H](CC#N)N1CCNCC1.Cl.Cl. The second-order valence-electron chi connectivity index (χ2n) is 4.59. The van der Waals surface area contributed by atoms with E-state index in [1.54, 1.807) is 19.2 Å². The number of nitrogens with one attached hydrogen (secondary N) is 1. The third-order valence-electron chi connectivity index (χ3n) is 3.45. The van der Waals surface area contributed by atoms with E-state index in [1.807, 2.05) is 6.07 Å².